The lowest BCUT2D eigenvalue weighted by Gasteiger charge is -2.45. The van der Waals surface area contributed by atoms with Crippen molar-refractivity contribution < 1.29 is 22.7 Å². The Morgan fingerprint density at radius 2 is 1.50 bits per heavy atom. The Labute approximate surface area is 235 Å². The number of hydrogen-bond acceptors (Lipinski definition) is 5. The number of hydrogen-bond donors (Lipinski definition) is 0. The second kappa shape index (κ2) is 10.3. The number of aryl methyl sites for hydroxylation is 1. The van der Waals surface area contributed by atoms with Crippen LogP contribution in [0.2, 0.25) is 0 Å². The van der Waals surface area contributed by atoms with Gasteiger partial charge >= 0.3 is 0 Å². The lowest BCUT2D eigenvalue weighted by molar-refractivity contribution is -0.123. The number of para-hydroxylation sites is 1. The Hall–Kier alpha value is -3.75. The molecule has 206 valence electrons. The van der Waals surface area contributed by atoms with Crippen molar-refractivity contribution in [3.8, 4) is 0 Å². The second-order valence-corrected chi connectivity index (χ2v) is 12.6. The summed E-state index contributed by atoms with van der Waals surface area (Å²) >= 11 is 0. The summed E-state index contributed by atoms with van der Waals surface area (Å²) in [5.41, 5.74) is 3.20. The van der Waals surface area contributed by atoms with Crippen molar-refractivity contribution in [2.75, 3.05) is 18.1 Å². The number of piperidine rings is 1. The van der Waals surface area contributed by atoms with Gasteiger partial charge < -0.3 is 4.74 Å². The molecule has 2 saturated heterocycles. The number of sulfonamides is 1. The monoisotopic (exact) mass is 556 g/mol. The van der Waals surface area contributed by atoms with Crippen LogP contribution in [-0.2, 0) is 24.3 Å². The third-order valence-corrected chi connectivity index (χ3v) is 10.3. The van der Waals surface area contributed by atoms with E-state index in [4.69, 9.17) is 4.74 Å². The standard InChI is InChI=1S/C32H32N2O5S/c1-3-39-29-19-26-30(32(36)34(31(26)35)23-12-8-5-9-13-23)25-18-28(22-10-6-4-7-11-22)33(20-27(25)29)40(37,38)24-16-14-21(2)15-17-24/h4-17,25-26,28,30H,3,18-20H2,1-2H3/t25-,26+,28+,30-/m1/s1. The number of carbonyl (C=O) groups is 2. The van der Waals surface area contributed by atoms with Crippen LogP contribution in [0.25, 0.3) is 0 Å². The van der Waals surface area contributed by atoms with E-state index in [1.54, 1.807) is 40.7 Å². The molecule has 1 aliphatic carbocycles. The van der Waals surface area contributed by atoms with Crippen molar-refractivity contribution in [2.24, 2.45) is 17.8 Å². The number of fused-ring (bicyclic) bond motifs is 3. The van der Waals surface area contributed by atoms with Crippen molar-refractivity contribution in [1.82, 2.24) is 4.31 Å². The summed E-state index contributed by atoms with van der Waals surface area (Å²) in [6.45, 7) is 4.29. The quantitative estimate of drug-likeness (QED) is 0.388. The first-order chi connectivity index (χ1) is 19.3. The molecule has 0 radical (unpaired) electrons. The molecular formula is C32H32N2O5S. The summed E-state index contributed by atoms with van der Waals surface area (Å²) in [4.78, 5) is 29.2. The summed E-state index contributed by atoms with van der Waals surface area (Å²) in [5, 5.41) is 0. The second-order valence-electron chi connectivity index (χ2n) is 10.7. The predicted molar refractivity (Wildman–Crippen MR) is 152 cm³/mol. The molecule has 0 spiro atoms. The molecule has 40 heavy (non-hydrogen) atoms. The highest BCUT2D eigenvalue weighted by Crippen LogP contribution is 2.53. The molecule has 3 aromatic rings. The van der Waals surface area contributed by atoms with E-state index in [-0.39, 0.29) is 35.6 Å². The smallest absolute Gasteiger partial charge is 0.243 e. The Bertz CT molecular complexity index is 1570. The van der Waals surface area contributed by atoms with Gasteiger partial charge in [-0.1, -0.05) is 66.2 Å². The van der Waals surface area contributed by atoms with Crippen LogP contribution in [0.3, 0.4) is 0 Å². The van der Waals surface area contributed by atoms with Crippen LogP contribution in [0.5, 0.6) is 0 Å². The number of allylic oxidation sites excluding steroid dienone is 1. The molecule has 0 saturated carbocycles. The average Bonchev–Trinajstić information content (AvgIpc) is 3.22. The van der Waals surface area contributed by atoms with Gasteiger partial charge in [-0.2, -0.15) is 4.31 Å². The first kappa shape index (κ1) is 26.5. The largest absolute Gasteiger partial charge is 0.498 e. The number of amides is 2. The van der Waals surface area contributed by atoms with Crippen molar-refractivity contribution in [2.45, 2.75) is 37.6 Å². The lowest BCUT2D eigenvalue weighted by atomic mass is 9.67. The molecule has 2 heterocycles. The molecule has 8 heteroatoms. The summed E-state index contributed by atoms with van der Waals surface area (Å²) in [5.74, 6) is -1.23. The predicted octanol–water partition coefficient (Wildman–Crippen LogP) is 5.25. The minimum atomic E-state index is -3.88. The average molecular weight is 557 g/mol. The number of imide groups is 1. The van der Waals surface area contributed by atoms with E-state index in [1.165, 1.54) is 4.90 Å². The molecular weight excluding hydrogens is 524 g/mol. The number of anilines is 1. The zero-order chi connectivity index (χ0) is 28.0. The molecule has 3 aliphatic rings. The minimum absolute atomic E-state index is 0.103. The summed E-state index contributed by atoms with van der Waals surface area (Å²) in [7, 11) is -3.88. The molecule has 6 rings (SSSR count). The molecule has 0 bridgehead atoms. The number of nitrogens with zero attached hydrogens (tertiary/aromatic N) is 2. The molecule has 2 aliphatic heterocycles. The third kappa shape index (κ3) is 4.35. The number of benzene rings is 3. The van der Waals surface area contributed by atoms with E-state index in [0.29, 0.717) is 24.5 Å². The maximum Gasteiger partial charge on any atom is 0.243 e. The van der Waals surface area contributed by atoms with Gasteiger partial charge in [0, 0.05) is 13.0 Å². The van der Waals surface area contributed by atoms with Crippen molar-refractivity contribution >= 4 is 27.5 Å². The van der Waals surface area contributed by atoms with Crippen molar-refractivity contribution in [1.29, 1.82) is 0 Å². The Balaban J connectivity index is 1.46. The Morgan fingerprint density at radius 1 is 0.850 bits per heavy atom. The van der Waals surface area contributed by atoms with Crippen LogP contribution < -0.4 is 4.90 Å². The molecule has 7 nitrogen and oxygen atoms in total. The van der Waals surface area contributed by atoms with Gasteiger partial charge in [-0.05, 0) is 61.6 Å². The molecule has 0 unspecified atom stereocenters. The van der Waals surface area contributed by atoms with E-state index < -0.39 is 27.9 Å². The molecule has 2 fully saturated rings. The number of ether oxygens (including phenoxy) is 1. The SMILES string of the molecule is CCOC1=C2CN(S(=O)(=O)c3ccc(C)cc3)[C@H](c3ccccc3)C[C@H]2[C@H]2C(=O)N(c3ccccc3)C(=O)[C@H]2C1. The van der Waals surface area contributed by atoms with E-state index in [0.717, 1.165) is 16.7 Å². The first-order valence-electron chi connectivity index (χ1n) is 13.7. The van der Waals surface area contributed by atoms with Gasteiger partial charge in [0.15, 0.2) is 0 Å². The van der Waals surface area contributed by atoms with Gasteiger partial charge in [0.1, 0.15) is 0 Å². The highest BCUT2D eigenvalue weighted by Gasteiger charge is 2.58. The van der Waals surface area contributed by atoms with Crippen molar-refractivity contribution in [3.63, 3.8) is 0 Å². The van der Waals surface area contributed by atoms with Crippen LogP contribution in [-0.4, -0.2) is 37.7 Å². The van der Waals surface area contributed by atoms with E-state index in [2.05, 4.69) is 0 Å². The molecule has 4 atom stereocenters. The fourth-order valence-corrected chi connectivity index (χ4v) is 8.14. The zero-order valence-corrected chi connectivity index (χ0v) is 23.4. The zero-order valence-electron chi connectivity index (χ0n) is 22.6. The maximum atomic E-state index is 14.1. The highest BCUT2D eigenvalue weighted by atomic mass is 32.2. The molecule has 0 N–H and O–H groups in total. The first-order valence-corrected chi connectivity index (χ1v) is 15.2. The van der Waals surface area contributed by atoms with E-state index in [9.17, 15) is 18.0 Å². The van der Waals surface area contributed by atoms with Crippen LogP contribution in [0.15, 0.2) is 101 Å². The normalized spacial score (nSPS) is 25.1. The Morgan fingerprint density at radius 3 is 2.15 bits per heavy atom. The fourth-order valence-electron chi connectivity index (χ4n) is 6.53. The molecule has 2 amide bonds. The fraction of sp³-hybridized carbons (Fsp3) is 0.312. The van der Waals surface area contributed by atoms with Gasteiger partial charge in [0.25, 0.3) is 0 Å². The molecule has 3 aromatic carbocycles. The van der Waals surface area contributed by atoms with Crippen LogP contribution >= 0.6 is 0 Å². The summed E-state index contributed by atoms with van der Waals surface area (Å²) in [6, 6.07) is 25.0. The number of carbonyl (C=O) groups excluding carboxylic acids is 2. The highest BCUT2D eigenvalue weighted by molar-refractivity contribution is 7.89. The topological polar surface area (TPSA) is 84.0 Å². The summed E-state index contributed by atoms with van der Waals surface area (Å²) in [6.07, 6.45) is 0.663. The van der Waals surface area contributed by atoms with Crippen LogP contribution in [0.1, 0.15) is 36.9 Å². The third-order valence-electron chi connectivity index (χ3n) is 8.42. The van der Waals surface area contributed by atoms with Gasteiger partial charge in [0.05, 0.1) is 40.8 Å². The number of rotatable bonds is 6. The van der Waals surface area contributed by atoms with Gasteiger partial charge in [0.2, 0.25) is 21.8 Å². The van der Waals surface area contributed by atoms with Crippen molar-refractivity contribution in [3.05, 3.63) is 107 Å². The van der Waals surface area contributed by atoms with Gasteiger partial charge in [-0.25, -0.2) is 8.42 Å². The Kier molecular flexibility index (Phi) is 6.84. The maximum absolute atomic E-state index is 14.1. The van der Waals surface area contributed by atoms with Gasteiger partial charge in [-0.15, -0.1) is 0 Å². The summed E-state index contributed by atoms with van der Waals surface area (Å²) < 4.78 is 35.9. The van der Waals surface area contributed by atoms with Crippen LogP contribution in [0.4, 0.5) is 5.69 Å². The van der Waals surface area contributed by atoms with Gasteiger partial charge in [-0.3, -0.25) is 14.5 Å². The van der Waals surface area contributed by atoms with Crippen LogP contribution in [0, 0.1) is 24.7 Å². The minimum Gasteiger partial charge on any atom is -0.498 e. The molecule has 0 aromatic heterocycles. The van der Waals surface area contributed by atoms with E-state index >= 15 is 0 Å². The lowest BCUT2D eigenvalue weighted by Crippen LogP contribution is -2.47. The van der Waals surface area contributed by atoms with E-state index in [1.807, 2.05) is 62.4 Å².